The summed E-state index contributed by atoms with van der Waals surface area (Å²) in [6.45, 7) is 1.11. The molecule has 1 aliphatic heterocycles. The Balaban J connectivity index is 2.32. The van der Waals surface area contributed by atoms with E-state index in [2.05, 4.69) is 4.74 Å². The van der Waals surface area contributed by atoms with E-state index in [1.54, 1.807) is 12.1 Å². The summed E-state index contributed by atoms with van der Waals surface area (Å²) in [5.74, 6) is -0.371. The molecule has 0 radical (unpaired) electrons. The quantitative estimate of drug-likeness (QED) is 0.691. The second-order valence-electron chi connectivity index (χ2n) is 3.15. The standard InChI is InChI=1S/C11H12O4/c1-13-10(12)8-4-2-3-5-9(8)11-14-6-7-15-11/h2-5,11H,6-7H2,1H3. The van der Waals surface area contributed by atoms with Crippen LogP contribution in [-0.2, 0) is 14.2 Å². The summed E-state index contributed by atoms with van der Waals surface area (Å²) in [6, 6.07) is 7.13. The number of hydrogen-bond donors (Lipinski definition) is 0. The van der Waals surface area contributed by atoms with Crippen LogP contribution in [0.25, 0.3) is 0 Å². The van der Waals surface area contributed by atoms with Gasteiger partial charge in [0.2, 0.25) is 0 Å². The van der Waals surface area contributed by atoms with Crippen LogP contribution in [0.15, 0.2) is 24.3 Å². The molecule has 4 heteroatoms. The molecule has 0 amide bonds. The molecule has 1 aromatic rings. The number of ether oxygens (including phenoxy) is 3. The molecule has 0 spiro atoms. The van der Waals surface area contributed by atoms with Crippen LogP contribution in [0.1, 0.15) is 22.2 Å². The predicted octanol–water partition coefficient (Wildman–Crippen LogP) is 1.52. The van der Waals surface area contributed by atoms with E-state index in [0.717, 1.165) is 5.56 Å². The zero-order valence-corrected chi connectivity index (χ0v) is 8.43. The predicted molar refractivity (Wildman–Crippen MR) is 52.4 cm³/mol. The number of hydrogen-bond acceptors (Lipinski definition) is 4. The molecule has 4 nitrogen and oxygen atoms in total. The van der Waals surface area contributed by atoms with Crippen LogP contribution in [0.2, 0.25) is 0 Å². The van der Waals surface area contributed by atoms with E-state index < -0.39 is 6.29 Å². The van der Waals surface area contributed by atoms with Gasteiger partial charge in [-0.25, -0.2) is 4.79 Å². The van der Waals surface area contributed by atoms with Crippen LogP contribution in [0.3, 0.4) is 0 Å². The van der Waals surface area contributed by atoms with Gasteiger partial charge in [0.25, 0.3) is 0 Å². The molecule has 1 heterocycles. The molecule has 1 aromatic carbocycles. The molecular weight excluding hydrogens is 196 g/mol. The Morgan fingerprint density at radius 2 is 2.00 bits per heavy atom. The molecule has 0 N–H and O–H groups in total. The lowest BCUT2D eigenvalue weighted by Crippen LogP contribution is -2.09. The van der Waals surface area contributed by atoms with E-state index in [1.165, 1.54) is 7.11 Å². The van der Waals surface area contributed by atoms with E-state index in [0.29, 0.717) is 18.8 Å². The van der Waals surface area contributed by atoms with Gasteiger partial charge in [-0.05, 0) is 6.07 Å². The van der Waals surface area contributed by atoms with E-state index >= 15 is 0 Å². The summed E-state index contributed by atoms with van der Waals surface area (Å²) in [7, 11) is 1.36. The third-order valence-corrected chi connectivity index (χ3v) is 2.24. The highest BCUT2D eigenvalue weighted by Gasteiger charge is 2.23. The van der Waals surface area contributed by atoms with Crippen LogP contribution in [-0.4, -0.2) is 26.3 Å². The first-order valence-electron chi connectivity index (χ1n) is 4.73. The molecule has 0 unspecified atom stereocenters. The van der Waals surface area contributed by atoms with Crippen molar-refractivity contribution in [1.29, 1.82) is 0 Å². The zero-order valence-electron chi connectivity index (χ0n) is 8.43. The Kier molecular flexibility index (Phi) is 2.99. The molecule has 0 bridgehead atoms. The topological polar surface area (TPSA) is 44.8 Å². The second-order valence-corrected chi connectivity index (χ2v) is 3.15. The molecule has 1 saturated heterocycles. The first-order chi connectivity index (χ1) is 7.33. The van der Waals surface area contributed by atoms with Gasteiger partial charge in [-0.2, -0.15) is 0 Å². The van der Waals surface area contributed by atoms with Crippen molar-refractivity contribution in [1.82, 2.24) is 0 Å². The summed E-state index contributed by atoms with van der Waals surface area (Å²) >= 11 is 0. The smallest absolute Gasteiger partial charge is 0.338 e. The minimum absolute atomic E-state index is 0.371. The van der Waals surface area contributed by atoms with Crippen LogP contribution >= 0.6 is 0 Å². The lowest BCUT2D eigenvalue weighted by Gasteiger charge is -2.12. The highest BCUT2D eigenvalue weighted by atomic mass is 16.7. The summed E-state index contributed by atoms with van der Waals surface area (Å²) < 4.78 is 15.4. The van der Waals surface area contributed by atoms with E-state index in [1.807, 2.05) is 12.1 Å². The molecule has 80 valence electrons. The van der Waals surface area contributed by atoms with Crippen molar-refractivity contribution in [2.75, 3.05) is 20.3 Å². The maximum Gasteiger partial charge on any atom is 0.338 e. The average Bonchev–Trinajstić information content (AvgIpc) is 2.81. The Morgan fingerprint density at radius 3 is 2.67 bits per heavy atom. The van der Waals surface area contributed by atoms with Gasteiger partial charge in [0.1, 0.15) is 0 Å². The molecular formula is C11H12O4. The Hall–Kier alpha value is -1.39. The van der Waals surface area contributed by atoms with Gasteiger partial charge in [0.15, 0.2) is 6.29 Å². The number of benzene rings is 1. The van der Waals surface area contributed by atoms with Gasteiger partial charge < -0.3 is 14.2 Å². The maximum atomic E-state index is 11.5. The lowest BCUT2D eigenvalue weighted by atomic mass is 10.1. The van der Waals surface area contributed by atoms with Crippen molar-refractivity contribution < 1.29 is 19.0 Å². The molecule has 0 atom stereocenters. The second kappa shape index (κ2) is 4.42. The van der Waals surface area contributed by atoms with Crippen molar-refractivity contribution in [3.05, 3.63) is 35.4 Å². The van der Waals surface area contributed by atoms with Gasteiger partial charge in [-0.3, -0.25) is 0 Å². The van der Waals surface area contributed by atoms with Crippen LogP contribution in [0, 0.1) is 0 Å². The average molecular weight is 208 g/mol. The minimum atomic E-state index is -0.444. The van der Waals surface area contributed by atoms with Gasteiger partial charge >= 0.3 is 5.97 Å². The SMILES string of the molecule is COC(=O)c1ccccc1C1OCCO1. The largest absolute Gasteiger partial charge is 0.465 e. The number of carbonyl (C=O) groups excluding carboxylic acids is 1. The van der Waals surface area contributed by atoms with Crippen molar-refractivity contribution in [2.45, 2.75) is 6.29 Å². The Bertz CT molecular complexity index is 355. The Morgan fingerprint density at radius 1 is 1.33 bits per heavy atom. The molecule has 15 heavy (non-hydrogen) atoms. The lowest BCUT2D eigenvalue weighted by molar-refractivity contribution is -0.0448. The maximum absolute atomic E-state index is 11.5. The van der Waals surface area contributed by atoms with Crippen molar-refractivity contribution in [3.8, 4) is 0 Å². The summed E-state index contributed by atoms with van der Waals surface area (Å²) in [4.78, 5) is 11.5. The van der Waals surface area contributed by atoms with Crippen molar-refractivity contribution in [3.63, 3.8) is 0 Å². The highest BCUT2D eigenvalue weighted by Crippen LogP contribution is 2.26. The first kappa shape index (κ1) is 10.1. The van der Waals surface area contributed by atoms with Crippen LogP contribution in [0.5, 0.6) is 0 Å². The molecule has 2 rings (SSSR count). The fourth-order valence-electron chi connectivity index (χ4n) is 1.54. The fourth-order valence-corrected chi connectivity index (χ4v) is 1.54. The first-order valence-corrected chi connectivity index (χ1v) is 4.73. The molecule has 0 aromatic heterocycles. The van der Waals surface area contributed by atoms with Crippen molar-refractivity contribution in [2.24, 2.45) is 0 Å². The van der Waals surface area contributed by atoms with Crippen LogP contribution in [0.4, 0.5) is 0 Å². The molecule has 1 aliphatic rings. The third kappa shape index (κ3) is 2.00. The number of rotatable bonds is 2. The van der Waals surface area contributed by atoms with E-state index in [-0.39, 0.29) is 5.97 Å². The van der Waals surface area contributed by atoms with Gasteiger partial charge in [-0.15, -0.1) is 0 Å². The number of carbonyl (C=O) groups is 1. The van der Waals surface area contributed by atoms with Gasteiger partial charge in [-0.1, -0.05) is 18.2 Å². The van der Waals surface area contributed by atoms with Crippen LogP contribution < -0.4 is 0 Å². The monoisotopic (exact) mass is 208 g/mol. The molecule has 0 saturated carbocycles. The number of esters is 1. The van der Waals surface area contributed by atoms with Crippen molar-refractivity contribution >= 4 is 5.97 Å². The van der Waals surface area contributed by atoms with Gasteiger partial charge in [0.05, 0.1) is 25.9 Å². The zero-order chi connectivity index (χ0) is 10.7. The Labute approximate surface area is 87.8 Å². The summed E-state index contributed by atoms with van der Waals surface area (Å²) in [5, 5.41) is 0. The molecule has 0 aliphatic carbocycles. The fraction of sp³-hybridized carbons (Fsp3) is 0.364. The normalized spacial score (nSPS) is 16.6. The summed E-state index contributed by atoms with van der Waals surface area (Å²) in [5.41, 5.74) is 1.22. The minimum Gasteiger partial charge on any atom is -0.465 e. The number of methoxy groups -OCH3 is 1. The van der Waals surface area contributed by atoms with E-state index in [4.69, 9.17) is 9.47 Å². The highest BCUT2D eigenvalue weighted by molar-refractivity contribution is 5.91. The van der Waals surface area contributed by atoms with Gasteiger partial charge in [0, 0.05) is 5.56 Å². The third-order valence-electron chi connectivity index (χ3n) is 2.24. The summed E-state index contributed by atoms with van der Waals surface area (Å²) in [6.07, 6.45) is -0.444. The molecule has 1 fully saturated rings. The van der Waals surface area contributed by atoms with E-state index in [9.17, 15) is 4.79 Å².